The zero-order valence-corrected chi connectivity index (χ0v) is 17.3. The van der Waals surface area contributed by atoms with Crippen LogP contribution in [0.3, 0.4) is 0 Å². The normalized spacial score (nSPS) is 17.6. The lowest BCUT2D eigenvalue weighted by molar-refractivity contribution is -0.155. The highest BCUT2D eigenvalue weighted by Crippen LogP contribution is 2.25. The largest absolute Gasteiger partial charge is 0.386 e. The highest BCUT2D eigenvalue weighted by Gasteiger charge is 2.34. The number of aromatic nitrogens is 1. The van der Waals surface area contributed by atoms with Gasteiger partial charge in [0.2, 0.25) is 5.91 Å². The summed E-state index contributed by atoms with van der Waals surface area (Å²) in [6.45, 7) is 3.47. The number of nitrogens with zero attached hydrogens (tertiary/aromatic N) is 2. The van der Waals surface area contributed by atoms with Gasteiger partial charge in [-0.2, -0.15) is 0 Å². The number of rotatable bonds is 8. The number of nitrogens with one attached hydrogen (secondary N) is 1. The van der Waals surface area contributed by atoms with Gasteiger partial charge in [0.05, 0.1) is 19.3 Å². The monoisotopic (exact) mass is 433 g/mol. The molecule has 8 nitrogen and oxygen atoms in total. The molecule has 1 aromatic heterocycles. The number of aliphatic hydroxyl groups excluding tert-OH is 1. The first-order chi connectivity index (χ1) is 14.5. The van der Waals surface area contributed by atoms with Gasteiger partial charge in [0.25, 0.3) is 5.91 Å². The number of morpholine rings is 1. The number of halogens is 1. The first-order valence-electron chi connectivity index (χ1n) is 9.65. The van der Waals surface area contributed by atoms with E-state index in [2.05, 4.69) is 10.3 Å². The van der Waals surface area contributed by atoms with Gasteiger partial charge in [-0.05, 0) is 36.8 Å². The second-order valence-electron chi connectivity index (χ2n) is 6.75. The molecule has 2 aromatic rings. The van der Waals surface area contributed by atoms with Crippen LogP contribution in [0.15, 0.2) is 42.6 Å². The number of carbonyl (C=O) groups is 2. The van der Waals surface area contributed by atoms with Gasteiger partial charge >= 0.3 is 0 Å². The van der Waals surface area contributed by atoms with Crippen LogP contribution in [0.5, 0.6) is 0 Å². The molecule has 1 aliphatic rings. The molecule has 30 heavy (non-hydrogen) atoms. The maximum atomic E-state index is 12.3. The van der Waals surface area contributed by atoms with E-state index in [0.29, 0.717) is 36.6 Å². The molecule has 0 saturated carbocycles. The van der Waals surface area contributed by atoms with E-state index in [4.69, 9.17) is 21.1 Å². The molecule has 2 amide bonds. The first-order valence-corrected chi connectivity index (χ1v) is 10.0. The number of pyridine rings is 1. The van der Waals surface area contributed by atoms with Crippen molar-refractivity contribution in [2.45, 2.75) is 19.1 Å². The van der Waals surface area contributed by atoms with Gasteiger partial charge in [-0.15, -0.1) is 0 Å². The Hall–Kier alpha value is -2.52. The van der Waals surface area contributed by atoms with E-state index in [1.807, 2.05) is 6.92 Å². The molecule has 2 atom stereocenters. The zero-order valence-electron chi connectivity index (χ0n) is 16.6. The van der Waals surface area contributed by atoms with Crippen molar-refractivity contribution in [2.75, 3.05) is 38.3 Å². The van der Waals surface area contributed by atoms with E-state index in [1.165, 1.54) is 12.3 Å². The average Bonchev–Trinajstić information content (AvgIpc) is 2.75. The van der Waals surface area contributed by atoms with Gasteiger partial charge in [0, 0.05) is 30.6 Å². The van der Waals surface area contributed by atoms with Crippen LogP contribution >= 0.6 is 11.6 Å². The van der Waals surface area contributed by atoms with Crippen molar-refractivity contribution < 1.29 is 24.2 Å². The highest BCUT2D eigenvalue weighted by molar-refractivity contribution is 6.29. The molecular weight excluding hydrogens is 410 g/mol. The summed E-state index contributed by atoms with van der Waals surface area (Å²) in [6, 6.07) is 9.33. The van der Waals surface area contributed by atoms with Gasteiger partial charge in [0.1, 0.15) is 17.9 Å². The van der Waals surface area contributed by atoms with Gasteiger partial charge in [0.15, 0.2) is 0 Å². The molecule has 1 aromatic carbocycles. The number of hydrogen-bond donors (Lipinski definition) is 2. The van der Waals surface area contributed by atoms with Crippen molar-refractivity contribution >= 4 is 29.1 Å². The van der Waals surface area contributed by atoms with Crippen molar-refractivity contribution in [2.24, 2.45) is 0 Å². The predicted molar refractivity (Wildman–Crippen MR) is 111 cm³/mol. The SMILES string of the molecule is CCOCCN1C(=O)COC[C@@H]1[C@H](O)c1ccc(NC(=O)c2ccnc(Cl)c2)cc1. The topological polar surface area (TPSA) is 101 Å². The molecule has 160 valence electrons. The van der Waals surface area contributed by atoms with Crippen LogP contribution in [0.2, 0.25) is 5.15 Å². The van der Waals surface area contributed by atoms with Crippen LogP contribution < -0.4 is 5.32 Å². The fourth-order valence-electron chi connectivity index (χ4n) is 3.22. The lowest BCUT2D eigenvalue weighted by atomic mass is 10.00. The second kappa shape index (κ2) is 10.5. The molecule has 1 fully saturated rings. The van der Waals surface area contributed by atoms with E-state index < -0.39 is 12.1 Å². The molecular formula is C21H24ClN3O5. The number of aliphatic hydroxyl groups is 1. The minimum Gasteiger partial charge on any atom is -0.386 e. The van der Waals surface area contributed by atoms with Crippen molar-refractivity contribution in [3.05, 3.63) is 58.9 Å². The molecule has 2 heterocycles. The van der Waals surface area contributed by atoms with Crippen molar-refractivity contribution in [3.63, 3.8) is 0 Å². The summed E-state index contributed by atoms with van der Waals surface area (Å²) in [5.41, 5.74) is 1.57. The number of hydrogen-bond acceptors (Lipinski definition) is 6. The summed E-state index contributed by atoms with van der Waals surface area (Å²) < 4.78 is 10.7. The maximum absolute atomic E-state index is 12.3. The Morgan fingerprint density at radius 2 is 2.17 bits per heavy atom. The Bertz CT molecular complexity index is 877. The van der Waals surface area contributed by atoms with E-state index in [1.54, 1.807) is 35.2 Å². The number of carbonyl (C=O) groups excluding carboxylic acids is 2. The van der Waals surface area contributed by atoms with E-state index in [-0.39, 0.29) is 30.2 Å². The van der Waals surface area contributed by atoms with Crippen LogP contribution in [-0.4, -0.2) is 65.8 Å². The summed E-state index contributed by atoms with van der Waals surface area (Å²) in [5, 5.41) is 13.9. The van der Waals surface area contributed by atoms with E-state index >= 15 is 0 Å². The minimum absolute atomic E-state index is 0.000658. The van der Waals surface area contributed by atoms with Crippen LogP contribution in [0.25, 0.3) is 0 Å². The van der Waals surface area contributed by atoms with Crippen LogP contribution in [-0.2, 0) is 14.3 Å². The van der Waals surface area contributed by atoms with Gasteiger partial charge in [-0.3, -0.25) is 9.59 Å². The lowest BCUT2D eigenvalue weighted by Crippen LogP contribution is -2.53. The Labute approximate surface area is 179 Å². The van der Waals surface area contributed by atoms with Crippen LogP contribution in [0.4, 0.5) is 5.69 Å². The Morgan fingerprint density at radius 1 is 1.40 bits per heavy atom. The third-order valence-corrected chi connectivity index (χ3v) is 4.99. The third kappa shape index (κ3) is 5.54. The standard InChI is InChI=1S/C21H24ClN3O5/c1-2-29-10-9-25-17(12-30-13-19(25)26)20(27)14-3-5-16(6-4-14)24-21(28)15-7-8-23-18(22)11-15/h3-8,11,17,20,27H,2,9-10,12-13H2,1H3,(H,24,28)/t17-,20-/m1/s1. The fraction of sp³-hybridized carbons (Fsp3) is 0.381. The Morgan fingerprint density at radius 3 is 2.87 bits per heavy atom. The molecule has 9 heteroatoms. The molecule has 0 radical (unpaired) electrons. The minimum atomic E-state index is -0.931. The molecule has 2 N–H and O–H groups in total. The second-order valence-corrected chi connectivity index (χ2v) is 7.14. The molecule has 3 rings (SSSR count). The highest BCUT2D eigenvalue weighted by atomic mass is 35.5. The number of amides is 2. The fourth-order valence-corrected chi connectivity index (χ4v) is 3.39. The van der Waals surface area contributed by atoms with Gasteiger partial charge in [-0.25, -0.2) is 4.98 Å². The molecule has 1 aliphatic heterocycles. The average molecular weight is 434 g/mol. The first kappa shape index (κ1) is 22.2. The summed E-state index contributed by atoms with van der Waals surface area (Å²) in [5.74, 6) is -0.495. The molecule has 0 aliphatic carbocycles. The smallest absolute Gasteiger partial charge is 0.255 e. The summed E-state index contributed by atoms with van der Waals surface area (Å²) in [4.78, 5) is 30.0. The maximum Gasteiger partial charge on any atom is 0.255 e. The molecule has 0 bridgehead atoms. The van der Waals surface area contributed by atoms with Gasteiger partial charge < -0.3 is 24.8 Å². The molecule has 0 unspecified atom stereocenters. The lowest BCUT2D eigenvalue weighted by Gasteiger charge is -2.38. The Kier molecular flexibility index (Phi) is 7.75. The zero-order chi connectivity index (χ0) is 21.5. The van der Waals surface area contributed by atoms with Gasteiger partial charge in [-0.1, -0.05) is 23.7 Å². The summed E-state index contributed by atoms with van der Waals surface area (Å²) >= 11 is 5.82. The number of ether oxygens (including phenoxy) is 2. The van der Waals surface area contributed by atoms with E-state index in [0.717, 1.165) is 0 Å². The molecule has 1 saturated heterocycles. The van der Waals surface area contributed by atoms with Crippen molar-refractivity contribution in [1.82, 2.24) is 9.88 Å². The quantitative estimate of drug-likeness (QED) is 0.489. The molecule has 0 spiro atoms. The van der Waals surface area contributed by atoms with E-state index in [9.17, 15) is 14.7 Å². The van der Waals surface area contributed by atoms with Crippen molar-refractivity contribution in [3.8, 4) is 0 Å². The predicted octanol–water partition coefficient (Wildman–Crippen LogP) is 2.28. The van der Waals surface area contributed by atoms with Crippen LogP contribution in [0, 0.1) is 0 Å². The van der Waals surface area contributed by atoms with Crippen LogP contribution in [0.1, 0.15) is 28.9 Å². The summed E-state index contributed by atoms with van der Waals surface area (Å²) in [6.07, 6.45) is 0.529. The van der Waals surface area contributed by atoms with Crippen molar-refractivity contribution in [1.29, 1.82) is 0 Å². The Balaban J connectivity index is 1.66. The summed E-state index contributed by atoms with van der Waals surface area (Å²) in [7, 11) is 0. The third-order valence-electron chi connectivity index (χ3n) is 4.78. The number of benzene rings is 1. The number of anilines is 1.